The van der Waals surface area contributed by atoms with Crippen molar-refractivity contribution in [3.05, 3.63) is 96.1 Å². The van der Waals surface area contributed by atoms with Crippen LogP contribution < -0.4 is 9.47 Å². The summed E-state index contributed by atoms with van der Waals surface area (Å²) in [4.78, 5) is 51.0. The van der Waals surface area contributed by atoms with E-state index < -0.39 is 284 Å². The van der Waals surface area contributed by atoms with Crippen molar-refractivity contribution in [1.82, 2.24) is 0 Å². The van der Waals surface area contributed by atoms with Gasteiger partial charge in [0.2, 0.25) is 0 Å². The number of carboxylic acids is 2. The number of benzene rings is 4. The molecule has 0 saturated carbocycles. The van der Waals surface area contributed by atoms with Crippen LogP contribution in [0.3, 0.4) is 0 Å². The summed E-state index contributed by atoms with van der Waals surface area (Å²) in [6.07, 6.45) is -45.6. The molecule has 6 aliphatic rings. The number of aliphatic hydroxyl groups excluding tert-OH is 20. The Bertz CT molecular complexity index is 3830. The zero-order valence-electron chi connectivity index (χ0n) is 61.0. The average Bonchev–Trinajstić information content (AvgIpc) is 0.792. The Kier molecular flexibility index (Phi) is 31.2. The molecule has 10 unspecified atom stereocenters. The molecule has 0 aromatic heterocycles. The lowest BCUT2D eigenvalue weighted by atomic mass is 9.84. The smallest absolute Gasteiger partial charge is 0.364 e. The monoisotopic (exact) mass is 1600 g/mol. The lowest BCUT2D eigenvalue weighted by Crippen LogP contribution is -2.68. The molecule has 0 aliphatic carbocycles. The van der Waals surface area contributed by atoms with E-state index in [2.05, 4.69) is 0 Å². The Morgan fingerprint density at radius 2 is 0.848 bits per heavy atom. The zero-order chi connectivity index (χ0) is 82.1. The van der Waals surface area contributed by atoms with Gasteiger partial charge in [-0.05, 0) is 81.2 Å². The van der Waals surface area contributed by atoms with E-state index in [9.17, 15) is 132 Å². The van der Waals surface area contributed by atoms with Gasteiger partial charge in [0.1, 0.15) is 134 Å². The third-order valence-corrected chi connectivity index (χ3v) is 21.0. The van der Waals surface area contributed by atoms with Gasteiger partial charge in [-0.1, -0.05) is 62.4 Å². The minimum Gasteiger partial charge on any atom is -0.497 e. The van der Waals surface area contributed by atoms with Crippen LogP contribution in [0.5, 0.6) is 11.5 Å². The van der Waals surface area contributed by atoms with E-state index >= 15 is 0 Å². The molecular weight excluding hydrogens is 1500 g/mol. The van der Waals surface area contributed by atoms with E-state index in [1.807, 2.05) is 48.5 Å². The number of ether oxygens (including phenoxy) is 12. The maximum atomic E-state index is 12.9. The van der Waals surface area contributed by atoms with Crippen LogP contribution >= 0.6 is 0 Å². The first-order valence-corrected chi connectivity index (χ1v) is 36.0. The van der Waals surface area contributed by atoms with E-state index in [-0.39, 0.29) is 0 Å². The lowest BCUT2D eigenvalue weighted by Gasteiger charge is -2.50. The highest BCUT2D eigenvalue weighted by Crippen LogP contribution is 2.42. The van der Waals surface area contributed by atoms with Crippen molar-refractivity contribution in [2.45, 2.75) is 222 Å². The normalized spacial score (nSPS) is 37.7. The number of methoxy groups -OCH3 is 2. The van der Waals surface area contributed by atoms with E-state index in [0.717, 1.165) is 21.5 Å². The largest absolute Gasteiger partial charge is 0.497 e. The molecule has 0 bridgehead atoms. The summed E-state index contributed by atoms with van der Waals surface area (Å²) < 4.78 is 66.9. The van der Waals surface area contributed by atoms with E-state index in [1.54, 1.807) is 50.6 Å². The molecule has 0 radical (unpaired) electrons. The summed E-state index contributed by atoms with van der Waals surface area (Å²) in [5.74, 6) is -10.8. The molecule has 0 amide bonds. The van der Waals surface area contributed by atoms with Crippen LogP contribution in [-0.2, 0) is 66.5 Å². The number of ketones is 2. The molecule has 38 heteroatoms. The molecule has 38 nitrogen and oxygen atoms in total. The molecule has 6 fully saturated rings. The molecule has 22 N–H and O–H groups in total. The Labute approximate surface area is 639 Å². The highest BCUT2D eigenvalue weighted by atomic mass is 16.8. The van der Waals surface area contributed by atoms with Gasteiger partial charge in [-0.15, -0.1) is 0 Å². The quantitative estimate of drug-likeness (QED) is 0.0216. The van der Waals surface area contributed by atoms with Gasteiger partial charge in [0, 0.05) is 37.5 Å². The van der Waals surface area contributed by atoms with Crippen molar-refractivity contribution in [1.29, 1.82) is 0 Å². The number of rotatable bonds is 30. The number of hydrogen-bond acceptors (Lipinski definition) is 36. The third-order valence-electron chi connectivity index (χ3n) is 21.0. The van der Waals surface area contributed by atoms with Gasteiger partial charge in [0.15, 0.2) is 24.1 Å². The van der Waals surface area contributed by atoms with Crippen LogP contribution in [0.4, 0.5) is 0 Å². The first-order valence-electron chi connectivity index (χ1n) is 36.0. The summed E-state index contributed by atoms with van der Waals surface area (Å²) in [5, 5.41) is 234. The predicted molar refractivity (Wildman–Crippen MR) is 377 cm³/mol. The highest BCUT2D eigenvalue weighted by molar-refractivity contribution is 5.96. The third kappa shape index (κ3) is 20.1. The van der Waals surface area contributed by atoms with Crippen molar-refractivity contribution in [2.75, 3.05) is 53.9 Å². The summed E-state index contributed by atoms with van der Waals surface area (Å²) in [5.41, 5.74) is 1.41. The lowest BCUT2D eigenvalue weighted by molar-refractivity contribution is -0.383. The van der Waals surface area contributed by atoms with Gasteiger partial charge in [0.05, 0.1) is 90.5 Å². The van der Waals surface area contributed by atoms with Crippen LogP contribution in [0.2, 0.25) is 0 Å². The Balaban J connectivity index is 0.000000257. The minimum atomic E-state index is -2.89. The van der Waals surface area contributed by atoms with Crippen molar-refractivity contribution in [2.24, 2.45) is 11.8 Å². The van der Waals surface area contributed by atoms with Gasteiger partial charge in [-0.3, -0.25) is 9.59 Å². The van der Waals surface area contributed by atoms with Crippen molar-refractivity contribution >= 4 is 57.2 Å². The van der Waals surface area contributed by atoms with Crippen LogP contribution in [-0.4, -0.2) is 373 Å². The number of carbonyl (C=O) groups excluding carboxylic acids is 2. The van der Waals surface area contributed by atoms with Gasteiger partial charge < -0.3 is 169 Å². The van der Waals surface area contributed by atoms with E-state index in [4.69, 9.17) is 56.8 Å². The molecule has 624 valence electrons. The van der Waals surface area contributed by atoms with E-state index in [0.29, 0.717) is 22.6 Å². The van der Waals surface area contributed by atoms with Gasteiger partial charge in [0.25, 0.3) is 11.6 Å². The predicted octanol–water partition coefficient (Wildman–Crippen LogP) is -6.41. The van der Waals surface area contributed by atoms with Crippen LogP contribution in [0, 0.1) is 11.8 Å². The molecule has 6 heterocycles. The molecule has 4 aromatic rings. The number of allylic oxidation sites excluding steroid dienone is 2. The maximum Gasteiger partial charge on any atom is 0.364 e. The number of carbonyl (C=O) groups is 4. The van der Waals surface area contributed by atoms with Crippen molar-refractivity contribution in [3.63, 3.8) is 0 Å². The maximum absolute atomic E-state index is 12.9. The molecule has 0 spiro atoms. The molecule has 6 saturated heterocycles. The number of aliphatic carboxylic acids is 2. The van der Waals surface area contributed by atoms with Crippen LogP contribution in [0.25, 0.3) is 33.7 Å². The number of hydrogen-bond donors (Lipinski definition) is 22. The number of fused-ring (bicyclic) bond motifs is 2. The Hall–Kier alpha value is -6.44. The van der Waals surface area contributed by atoms with Crippen molar-refractivity contribution in [3.8, 4) is 11.5 Å². The fourth-order valence-corrected chi connectivity index (χ4v) is 14.2. The Morgan fingerprint density at radius 3 is 1.27 bits per heavy atom. The number of carboxylic acid groups (broad SMARTS) is 2. The standard InChI is InChI=1S/2C37H50O19/c1-16-22(41)12-37(36(49)50,56-33(16)27(43)23(42)13-38)52-15-26-29(45)30(46)32(48)35(54-26)55-34-25(14-39)53-24(28(44)31(34)47)11-20(40)7-4-17-3-5-19-10-21(51-2)8-6-18(19)9-17;1-16-22(42)12-37(36(49)50,55-32(16)27(44)23(43)13-38)56-34-29(46)25(14-39)53-35(31(34)48)54-33-26(15-40)52-24(28(45)30(33)47)11-20(41)7-4-17-3-5-19-10-21(51-2)8-6-18(19)9-17/h3-10,16,22-35,38-39,41-48H,11-15H2,1-2H3,(H,49,50);3-10,16,22-35,38-40,42-48H,11-15H2,1-2H3,(H,49,50)/b2*7-4+/t16-,22-,23-,24+,25?,26?,27-,28?,29+,30+,31-,32?,33?,34-,35+,37-;16-,22-,23-,24+,25?,26?,27-,28?,29+,30-,31?,32?,33-,34+,35+,37+/m11/s1. The van der Waals surface area contributed by atoms with Gasteiger partial charge in [-0.25, -0.2) is 9.59 Å². The minimum absolute atomic E-state index is 0.409. The second-order valence-corrected chi connectivity index (χ2v) is 28.5. The molecule has 112 heavy (non-hydrogen) atoms. The summed E-state index contributed by atoms with van der Waals surface area (Å²) in [6.45, 7) is -2.56. The fraction of sp³-hybridized carbons (Fsp3) is 0.622. The topological polar surface area (TPSA) is 624 Å². The second-order valence-electron chi connectivity index (χ2n) is 28.5. The highest BCUT2D eigenvalue weighted by Gasteiger charge is 2.61. The summed E-state index contributed by atoms with van der Waals surface area (Å²) in [7, 11) is 3.13. The second kappa shape index (κ2) is 39.0. The molecule has 6 aliphatic heterocycles. The molecular formula is C74H100O38. The SMILES string of the molecule is COc1ccc2cc(/C=C/C(=O)C[C@@H]3OC(CO)[C@@H](O[C@@H]4OC(CO)[C@H](O)[C@H](O[C@]5(C(=O)O)C[C@@H](O)[C@@H](C)C([C@H](O)[C@H](O)CO)O5)C4O)[C@H](O)C3O)ccc2c1.COc1ccc2cc(/C=C/C(=O)C[C@@H]3OC(CO)[C@@H](O[C@@H]4OC(CO[C@]5(C(=O)O)C[C@@H](O)[C@@H](C)C([C@H](O)[C@H](O)CO)O5)[C@H](O)[C@H](O)C4O)[C@H](O)C3O)ccc2c1. The summed E-state index contributed by atoms with van der Waals surface area (Å²) >= 11 is 0. The molecule has 10 rings (SSSR count). The zero-order valence-corrected chi connectivity index (χ0v) is 61.0. The van der Waals surface area contributed by atoms with Crippen LogP contribution in [0.1, 0.15) is 50.7 Å². The number of aliphatic hydroxyl groups is 20. The average molecular weight is 1600 g/mol. The van der Waals surface area contributed by atoms with E-state index in [1.165, 1.54) is 26.0 Å². The van der Waals surface area contributed by atoms with Crippen LogP contribution in [0.15, 0.2) is 84.9 Å². The van der Waals surface area contributed by atoms with Gasteiger partial charge in [-0.2, -0.15) is 0 Å². The first-order chi connectivity index (χ1) is 53.1. The fourth-order valence-electron chi connectivity index (χ4n) is 14.2. The summed E-state index contributed by atoms with van der Waals surface area (Å²) in [6, 6.07) is 22.1. The Morgan fingerprint density at radius 1 is 0.455 bits per heavy atom. The first kappa shape index (κ1) is 89.5. The molecule has 4 aromatic carbocycles. The van der Waals surface area contributed by atoms with Crippen molar-refractivity contribution < 1.29 is 188 Å². The van der Waals surface area contributed by atoms with Gasteiger partial charge >= 0.3 is 11.9 Å². The molecule has 32 atom stereocenters.